The van der Waals surface area contributed by atoms with Crippen molar-refractivity contribution >= 4 is 0 Å². The Morgan fingerprint density at radius 2 is 0.643 bits per heavy atom. The third-order valence-corrected chi connectivity index (χ3v) is 8.71. The second-order valence-corrected chi connectivity index (χ2v) is 12.9. The first-order valence-electron chi connectivity index (χ1n) is 18.9. The average Bonchev–Trinajstić information content (AvgIpc) is 3.01. The van der Waals surface area contributed by atoms with E-state index in [0.29, 0.717) is 6.54 Å². The molecule has 0 atom stereocenters. The van der Waals surface area contributed by atoms with Crippen molar-refractivity contribution in [2.45, 2.75) is 200 Å². The van der Waals surface area contributed by atoms with E-state index in [4.69, 9.17) is 15.2 Å². The van der Waals surface area contributed by atoms with Crippen LogP contribution in [0.5, 0.6) is 11.5 Å². The normalized spacial score (nSPS) is 11.3. The zero-order valence-electron chi connectivity index (χ0n) is 28.5. The second-order valence-electron chi connectivity index (χ2n) is 12.9. The molecule has 3 heteroatoms. The van der Waals surface area contributed by atoms with Gasteiger partial charge >= 0.3 is 0 Å². The van der Waals surface area contributed by atoms with Gasteiger partial charge in [-0.05, 0) is 30.5 Å². The Labute approximate surface area is 263 Å². The average molecular weight is 588 g/mol. The fourth-order valence-corrected chi connectivity index (χ4v) is 5.89. The van der Waals surface area contributed by atoms with Crippen LogP contribution < -0.4 is 15.2 Å². The zero-order valence-corrected chi connectivity index (χ0v) is 28.5. The molecule has 0 aliphatic carbocycles. The van der Waals surface area contributed by atoms with Gasteiger partial charge in [0.25, 0.3) is 0 Å². The molecule has 2 N–H and O–H groups in total. The van der Waals surface area contributed by atoms with Crippen LogP contribution in [0.3, 0.4) is 0 Å². The van der Waals surface area contributed by atoms with Crippen molar-refractivity contribution in [1.29, 1.82) is 0 Å². The zero-order chi connectivity index (χ0) is 30.2. The Balaban J connectivity index is 1.99. The van der Waals surface area contributed by atoms with Crippen molar-refractivity contribution in [3.63, 3.8) is 0 Å². The first kappa shape index (κ1) is 38.8. The summed E-state index contributed by atoms with van der Waals surface area (Å²) in [6.45, 7) is 6.67. The molecule has 0 radical (unpaired) electrons. The summed E-state index contributed by atoms with van der Waals surface area (Å²) in [5, 5.41) is 0. The summed E-state index contributed by atoms with van der Waals surface area (Å²) in [7, 11) is 0. The maximum Gasteiger partial charge on any atom is 0.123 e. The lowest BCUT2D eigenvalue weighted by molar-refractivity contribution is 0.289. The van der Waals surface area contributed by atoms with Gasteiger partial charge in [0.15, 0.2) is 0 Å². The van der Waals surface area contributed by atoms with Gasteiger partial charge in [-0.3, -0.25) is 0 Å². The van der Waals surface area contributed by atoms with E-state index < -0.39 is 0 Å². The van der Waals surface area contributed by atoms with Crippen molar-refractivity contribution in [3.05, 3.63) is 23.8 Å². The molecule has 1 aromatic rings. The van der Waals surface area contributed by atoms with Gasteiger partial charge in [-0.15, -0.1) is 0 Å². The Morgan fingerprint density at radius 1 is 0.381 bits per heavy atom. The largest absolute Gasteiger partial charge is 0.493 e. The molecular weight excluding hydrogens is 514 g/mol. The van der Waals surface area contributed by atoms with Gasteiger partial charge in [0, 0.05) is 12.6 Å². The Hall–Kier alpha value is -1.22. The van der Waals surface area contributed by atoms with Crippen LogP contribution in [0.2, 0.25) is 0 Å². The summed E-state index contributed by atoms with van der Waals surface area (Å²) in [5.41, 5.74) is 7.04. The number of unbranched alkanes of at least 4 members (excludes halogenated alkanes) is 26. The molecule has 0 spiro atoms. The Bertz CT molecular complexity index is 624. The topological polar surface area (TPSA) is 44.5 Å². The minimum Gasteiger partial charge on any atom is -0.493 e. The SMILES string of the molecule is CCCCCCCCCCCCCCCCOc1cc(CN)cc(OCCCCCCCCCCCCCCCC)c1. The van der Waals surface area contributed by atoms with Crippen molar-refractivity contribution in [1.82, 2.24) is 0 Å². The molecule has 0 aliphatic rings. The van der Waals surface area contributed by atoms with Crippen LogP contribution in [0.4, 0.5) is 0 Å². The summed E-state index contributed by atoms with van der Waals surface area (Å²) in [4.78, 5) is 0. The maximum absolute atomic E-state index is 6.09. The highest BCUT2D eigenvalue weighted by atomic mass is 16.5. The molecule has 3 nitrogen and oxygen atoms in total. The van der Waals surface area contributed by atoms with Crippen molar-refractivity contribution in [2.24, 2.45) is 5.73 Å². The van der Waals surface area contributed by atoms with Crippen LogP contribution >= 0.6 is 0 Å². The van der Waals surface area contributed by atoms with E-state index in [2.05, 4.69) is 26.0 Å². The van der Waals surface area contributed by atoms with Crippen LogP contribution in [0.15, 0.2) is 18.2 Å². The molecule has 0 bridgehead atoms. The smallest absolute Gasteiger partial charge is 0.123 e. The summed E-state index contributed by atoms with van der Waals surface area (Å²) in [5.74, 6) is 1.81. The summed E-state index contributed by atoms with van der Waals surface area (Å²) >= 11 is 0. The minimum atomic E-state index is 0.519. The predicted octanol–water partition coefficient (Wildman–Crippen LogP) is 12.9. The van der Waals surface area contributed by atoms with Gasteiger partial charge < -0.3 is 15.2 Å². The number of benzene rings is 1. The third-order valence-electron chi connectivity index (χ3n) is 8.71. The van der Waals surface area contributed by atoms with E-state index >= 15 is 0 Å². The molecule has 0 heterocycles. The molecule has 0 amide bonds. The highest BCUT2D eigenvalue weighted by Crippen LogP contribution is 2.24. The highest BCUT2D eigenvalue weighted by molar-refractivity contribution is 5.38. The lowest BCUT2D eigenvalue weighted by Gasteiger charge is -2.12. The number of rotatable bonds is 33. The fourth-order valence-electron chi connectivity index (χ4n) is 5.89. The number of hydrogen-bond donors (Lipinski definition) is 1. The van der Waals surface area contributed by atoms with Crippen LogP contribution in [0, 0.1) is 0 Å². The Kier molecular flexibility index (Phi) is 28.8. The molecule has 0 aromatic heterocycles. The van der Waals surface area contributed by atoms with E-state index in [1.54, 1.807) is 0 Å². The van der Waals surface area contributed by atoms with Gasteiger partial charge in [0.2, 0.25) is 0 Å². The Morgan fingerprint density at radius 3 is 0.905 bits per heavy atom. The van der Waals surface area contributed by atoms with E-state index in [1.165, 1.54) is 167 Å². The summed E-state index contributed by atoms with van der Waals surface area (Å²) in [6.07, 6.45) is 38.6. The molecule has 1 rings (SSSR count). The highest BCUT2D eigenvalue weighted by Gasteiger charge is 2.04. The lowest BCUT2D eigenvalue weighted by Crippen LogP contribution is -2.03. The molecule has 0 saturated heterocycles. The maximum atomic E-state index is 6.09. The van der Waals surface area contributed by atoms with Crippen molar-refractivity contribution in [2.75, 3.05) is 13.2 Å². The molecule has 42 heavy (non-hydrogen) atoms. The standard InChI is InChI=1S/C39H73NO2/c1-3-5-7-9-11-13-15-17-19-21-23-25-27-29-31-41-38-33-37(36-40)34-39(35-38)42-32-30-28-26-24-22-20-18-16-14-12-10-8-6-4-2/h33-35H,3-32,36,40H2,1-2H3. The van der Waals surface area contributed by atoms with Gasteiger partial charge in [0.1, 0.15) is 11.5 Å². The molecule has 246 valence electrons. The van der Waals surface area contributed by atoms with E-state index in [0.717, 1.165) is 43.1 Å². The molecule has 0 saturated carbocycles. The summed E-state index contributed by atoms with van der Waals surface area (Å²) in [6, 6.07) is 6.19. The number of nitrogens with two attached hydrogens (primary N) is 1. The van der Waals surface area contributed by atoms with Gasteiger partial charge in [0.05, 0.1) is 13.2 Å². The summed E-state index contributed by atoms with van der Waals surface area (Å²) < 4.78 is 12.2. The van der Waals surface area contributed by atoms with Gasteiger partial charge in [-0.25, -0.2) is 0 Å². The van der Waals surface area contributed by atoms with E-state index in [-0.39, 0.29) is 0 Å². The van der Waals surface area contributed by atoms with Crippen molar-refractivity contribution < 1.29 is 9.47 Å². The van der Waals surface area contributed by atoms with Gasteiger partial charge in [-0.2, -0.15) is 0 Å². The van der Waals surface area contributed by atoms with Crippen LogP contribution in [-0.4, -0.2) is 13.2 Å². The first-order chi connectivity index (χ1) is 20.8. The third kappa shape index (κ3) is 25.3. The molecule has 0 fully saturated rings. The molecular formula is C39H73NO2. The fraction of sp³-hybridized carbons (Fsp3) is 0.846. The van der Waals surface area contributed by atoms with Crippen LogP contribution in [0.1, 0.15) is 199 Å². The quantitative estimate of drug-likeness (QED) is 0.0832. The van der Waals surface area contributed by atoms with Gasteiger partial charge in [-0.1, -0.05) is 181 Å². The number of ether oxygens (including phenoxy) is 2. The molecule has 1 aromatic carbocycles. The first-order valence-corrected chi connectivity index (χ1v) is 18.9. The van der Waals surface area contributed by atoms with Crippen LogP contribution in [-0.2, 0) is 6.54 Å². The molecule has 0 unspecified atom stereocenters. The lowest BCUT2D eigenvalue weighted by atomic mass is 10.0. The molecule has 0 aliphatic heterocycles. The van der Waals surface area contributed by atoms with Crippen LogP contribution in [0.25, 0.3) is 0 Å². The minimum absolute atomic E-state index is 0.519. The van der Waals surface area contributed by atoms with E-state index in [1.807, 2.05) is 6.07 Å². The monoisotopic (exact) mass is 588 g/mol. The van der Waals surface area contributed by atoms with Crippen molar-refractivity contribution in [3.8, 4) is 11.5 Å². The number of hydrogen-bond acceptors (Lipinski definition) is 3. The second kappa shape index (κ2) is 31.2. The van der Waals surface area contributed by atoms with E-state index in [9.17, 15) is 0 Å². The predicted molar refractivity (Wildman–Crippen MR) is 186 cm³/mol.